The van der Waals surface area contributed by atoms with Gasteiger partial charge in [-0.3, -0.25) is 4.79 Å². The Labute approximate surface area is 434 Å². The molecule has 0 N–H and O–H groups in total. The van der Waals surface area contributed by atoms with Gasteiger partial charge in [-0.25, -0.2) is 9.13 Å². The Bertz CT molecular complexity index is 1100. The van der Waals surface area contributed by atoms with Crippen molar-refractivity contribution in [2.75, 3.05) is 0 Å². The zero-order valence-corrected chi connectivity index (χ0v) is 48.0. The van der Waals surface area contributed by atoms with Crippen LogP contribution in [0.5, 0.6) is 0 Å². The van der Waals surface area contributed by atoms with Crippen LogP contribution < -0.4 is 4.57 Å². The van der Waals surface area contributed by atoms with E-state index in [-0.39, 0.29) is 12.1 Å². The Morgan fingerprint density at radius 3 is 1.06 bits per heavy atom. The van der Waals surface area contributed by atoms with Crippen LogP contribution >= 0.6 is 0 Å². The minimum absolute atomic E-state index is 0.0582. The van der Waals surface area contributed by atoms with Crippen molar-refractivity contribution >= 4 is 5.97 Å². The third-order valence-electron chi connectivity index (χ3n) is 15.8. The number of carbonyl (C=O) groups excluding carboxylic acids is 1. The molecular formula is C65H127N2O2+. The number of aromatic nitrogens is 2. The highest BCUT2D eigenvalue weighted by atomic mass is 16.5. The van der Waals surface area contributed by atoms with E-state index in [1.165, 1.54) is 302 Å². The number of hydrogen-bond acceptors (Lipinski definition) is 2. The normalized spacial score (nSPS) is 12.2. The number of aryl methyl sites for hydroxylation is 2. The molecule has 0 saturated carbocycles. The molecule has 1 atom stereocenters. The lowest BCUT2D eigenvalue weighted by molar-refractivity contribution is -0.696. The van der Waals surface area contributed by atoms with Crippen molar-refractivity contribution in [1.82, 2.24) is 4.57 Å². The molecule has 1 aromatic heterocycles. The van der Waals surface area contributed by atoms with E-state index >= 15 is 0 Å². The van der Waals surface area contributed by atoms with Crippen LogP contribution in [0.4, 0.5) is 0 Å². The number of unbranched alkanes of at least 4 members (excludes halogenated alkanes) is 41. The van der Waals surface area contributed by atoms with Gasteiger partial charge in [0, 0.05) is 6.42 Å². The zero-order chi connectivity index (χ0) is 49.6. The van der Waals surface area contributed by atoms with Crippen LogP contribution in [0.3, 0.4) is 0 Å². The maximum atomic E-state index is 13.2. The number of esters is 1. The summed E-state index contributed by atoms with van der Waals surface area (Å²) in [5.74, 6) is 0.952. The molecule has 0 bridgehead atoms. The van der Waals surface area contributed by atoms with E-state index in [9.17, 15) is 4.79 Å². The summed E-state index contributed by atoms with van der Waals surface area (Å²) in [5, 5.41) is 0. The lowest BCUT2D eigenvalue weighted by Crippen LogP contribution is -2.30. The molecule has 69 heavy (non-hydrogen) atoms. The minimum atomic E-state index is 0.0582. The topological polar surface area (TPSA) is 35.1 Å². The second-order valence-corrected chi connectivity index (χ2v) is 22.8. The Morgan fingerprint density at radius 2 is 0.681 bits per heavy atom. The quantitative estimate of drug-likeness (QED) is 0.0370. The third-order valence-corrected chi connectivity index (χ3v) is 15.8. The molecule has 0 fully saturated rings. The summed E-state index contributed by atoms with van der Waals surface area (Å²) >= 11 is 0. The van der Waals surface area contributed by atoms with Crippen molar-refractivity contribution in [3.8, 4) is 0 Å². The first-order valence-electron chi connectivity index (χ1n) is 32.4. The van der Waals surface area contributed by atoms with Gasteiger partial charge in [-0.2, -0.15) is 0 Å². The highest BCUT2D eigenvalue weighted by Crippen LogP contribution is 2.26. The molecule has 1 aromatic rings. The van der Waals surface area contributed by atoms with Gasteiger partial charge in [0.1, 0.15) is 18.5 Å². The summed E-state index contributed by atoms with van der Waals surface area (Å²) < 4.78 is 10.9. The molecule has 0 radical (unpaired) electrons. The van der Waals surface area contributed by atoms with E-state index in [0.29, 0.717) is 6.42 Å². The van der Waals surface area contributed by atoms with Gasteiger partial charge in [0.05, 0.1) is 13.1 Å². The predicted octanol–water partition coefficient (Wildman–Crippen LogP) is 22.1. The molecule has 0 aliphatic carbocycles. The molecule has 0 amide bonds. The molecule has 1 unspecified atom stereocenters. The standard InChI is InChI=1S/C65H127N2O2/c1-5-9-13-16-19-22-24-26-28-30-32-34-36-38-41-45-52-63(53-46-42-39-37-35-33-31-29-27-25-23-20-17-14-10-6-2)54-49-50-56-64(55-47-43-40-21-18-15-11-7-3)69-65(68)57-48-44-51-59-67-61-60-66(62-67)58-12-8-4/h60-64H,5-59H2,1-4H3/q+1. The third kappa shape index (κ3) is 47.4. The van der Waals surface area contributed by atoms with Gasteiger partial charge in [-0.1, -0.05) is 310 Å². The fourth-order valence-corrected chi connectivity index (χ4v) is 11.0. The van der Waals surface area contributed by atoms with Gasteiger partial charge in [-0.05, 0) is 57.3 Å². The Kier molecular flexibility index (Phi) is 51.8. The van der Waals surface area contributed by atoms with E-state index in [0.717, 1.165) is 51.1 Å². The smallest absolute Gasteiger partial charge is 0.306 e. The molecule has 0 aromatic carbocycles. The highest BCUT2D eigenvalue weighted by Gasteiger charge is 2.16. The molecular weight excluding hydrogens is 841 g/mol. The number of rotatable bonds is 58. The molecule has 0 aliphatic heterocycles. The minimum Gasteiger partial charge on any atom is -0.462 e. The summed E-state index contributed by atoms with van der Waals surface area (Å²) in [6.45, 7) is 11.3. The monoisotopic (exact) mass is 968 g/mol. The van der Waals surface area contributed by atoms with Gasteiger partial charge >= 0.3 is 5.97 Å². The number of imidazole rings is 1. The van der Waals surface area contributed by atoms with E-state index in [1.807, 2.05) is 0 Å². The van der Waals surface area contributed by atoms with Crippen LogP contribution in [-0.2, 0) is 22.6 Å². The van der Waals surface area contributed by atoms with Gasteiger partial charge in [0.25, 0.3) is 0 Å². The van der Waals surface area contributed by atoms with Crippen LogP contribution in [0.15, 0.2) is 18.7 Å². The number of hydrogen-bond donors (Lipinski definition) is 0. The van der Waals surface area contributed by atoms with Gasteiger partial charge in [-0.15, -0.1) is 0 Å². The average Bonchev–Trinajstić information content (AvgIpc) is 3.82. The SMILES string of the molecule is CCCCCCCCCCCCCCCCCCC(CCCCCCCCCCCCCCCCCC)CCCCC(CCCCCCCCCC)OC(=O)CCCCC[n+]1ccn(CCCC)c1. The molecule has 0 spiro atoms. The molecule has 1 heterocycles. The number of ether oxygens (including phenoxy) is 1. The van der Waals surface area contributed by atoms with Crippen molar-refractivity contribution in [2.45, 2.75) is 387 Å². The fraction of sp³-hybridized carbons (Fsp3) is 0.938. The first kappa shape index (κ1) is 65.7. The molecule has 0 saturated heterocycles. The first-order valence-corrected chi connectivity index (χ1v) is 32.4. The number of nitrogens with zero attached hydrogens (tertiary/aromatic N) is 2. The summed E-state index contributed by atoms with van der Waals surface area (Å²) in [6, 6.07) is 0. The largest absolute Gasteiger partial charge is 0.462 e. The molecule has 408 valence electrons. The maximum absolute atomic E-state index is 13.2. The predicted molar refractivity (Wildman–Crippen MR) is 305 cm³/mol. The van der Waals surface area contributed by atoms with Crippen molar-refractivity contribution in [1.29, 1.82) is 0 Å². The lowest BCUT2D eigenvalue weighted by Gasteiger charge is -2.20. The maximum Gasteiger partial charge on any atom is 0.306 e. The van der Waals surface area contributed by atoms with Crippen LogP contribution in [0.1, 0.15) is 368 Å². The first-order chi connectivity index (χ1) is 34.1. The van der Waals surface area contributed by atoms with Gasteiger partial charge < -0.3 is 4.74 Å². The van der Waals surface area contributed by atoms with Crippen LogP contribution in [-0.4, -0.2) is 16.6 Å². The van der Waals surface area contributed by atoms with Crippen molar-refractivity contribution in [3.05, 3.63) is 18.7 Å². The highest BCUT2D eigenvalue weighted by molar-refractivity contribution is 5.69. The van der Waals surface area contributed by atoms with E-state index in [2.05, 4.69) is 55.6 Å². The average molecular weight is 969 g/mol. The summed E-state index contributed by atoms with van der Waals surface area (Å²) in [7, 11) is 0. The Hall–Kier alpha value is -1.32. The van der Waals surface area contributed by atoms with E-state index in [1.54, 1.807) is 0 Å². The summed E-state index contributed by atoms with van der Waals surface area (Å²) in [4.78, 5) is 13.2. The zero-order valence-electron chi connectivity index (χ0n) is 48.0. The molecule has 4 heteroatoms. The fourth-order valence-electron chi connectivity index (χ4n) is 11.0. The van der Waals surface area contributed by atoms with Crippen molar-refractivity contribution in [2.24, 2.45) is 5.92 Å². The van der Waals surface area contributed by atoms with E-state index in [4.69, 9.17) is 4.74 Å². The second kappa shape index (κ2) is 54.5. The van der Waals surface area contributed by atoms with Gasteiger partial charge in [0.2, 0.25) is 6.33 Å². The van der Waals surface area contributed by atoms with Crippen molar-refractivity contribution < 1.29 is 14.1 Å². The molecule has 1 rings (SSSR count). The summed E-state index contributed by atoms with van der Waals surface area (Å²) in [5.41, 5.74) is 0. The second-order valence-electron chi connectivity index (χ2n) is 22.8. The van der Waals surface area contributed by atoms with E-state index < -0.39 is 0 Å². The molecule has 4 nitrogen and oxygen atoms in total. The van der Waals surface area contributed by atoms with Crippen LogP contribution in [0.2, 0.25) is 0 Å². The number of carbonyl (C=O) groups is 1. The van der Waals surface area contributed by atoms with Crippen LogP contribution in [0.25, 0.3) is 0 Å². The lowest BCUT2D eigenvalue weighted by atomic mass is 9.89. The van der Waals surface area contributed by atoms with Crippen molar-refractivity contribution in [3.63, 3.8) is 0 Å². The van der Waals surface area contributed by atoms with Gasteiger partial charge in [0.15, 0.2) is 0 Å². The summed E-state index contributed by atoms with van der Waals surface area (Å²) in [6.07, 6.45) is 78.9. The molecule has 0 aliphatic rings. The Morgan fingerprint density at radius 1 is 0.377 bits per heavy atom. The van der Waals surface area contributed by atoms with Crippen LogP contribution in [0, 0.1) is 5.92 Å². The Balaban J connectivity index is 2.48.